The van der Waals surface area contributed by atoms with E-state index < -0.39 is 4.92 Å². The first-order valence-corrected chi connectivity index (χ1v) is 8.57. The average molecular weight is 355 g/mol. The van der Waals surface area contributed by atoms with Crippen LogP contribution in [-0.4, -0.2) is 42.0 Å². The summed E-state index contributed by atoms with van der Waals surface area (Å²) in [5, 5.41) is 14.0. The van der Waals surface area contributed by atoms with E-state index in [-0.39, 0.29) is 23.4 Å². The molecule has 0 unspecified atom stereocenters. The van der Waals surface area contributed by atoms with Crippen molar-refractivity contribution in [2.45, 2.75) is 12.5 Å². The summed E-state index contributed by atoms with van der Waals surface area (Å²) in [6.45, 7) is 2.15. The number of hydrogen-bond acceptors (Lipinski definition) is 5. The molecule has 0 saturated carbocycles. The zero-order valence-electron chi connectivity index (χ0n) is 14.3. The Bertz CT molecular complexity index is 766. The summed E-state index contributed by atoms with van der Waals surface area (Å²) in [7, 11) is 0. The van der Waals surface area contributed by atoms with Gasteiger partial charge in [-0.2, -0.15) is 0 Å². The van der Waals surface area contributed by atoms with Gasteiger partial charge in [0, 0.05) is 38.2 Å². The van der Waals surface area contributed by atoms with Crippen LogP contribution in [0.5, 0.6) is 5.75 Å². The minimum Gasteiger partial charge on any atom is -0.485 e. The Morgan fingerprint density at radius 2 is 1.88 bits per heavy atom. The van der Waals surface area contributed by atoms with E-state index >= 15 is 0 Å². The van der Waals surface area contributed by atoms with E-state index in [1.807, 2.05) is 30.3 Å². The number of nitrogens with one attached hydrogen (secondary N) is 1. The van der Waals surface area contributed by atoms with Crippen molar-refractivity contribution in [3.8, 4) is 5.75 Å². The maximum absolute atomic E-state index is 12.0. The maximum Gasteiger partial charge on any atom is 0.310 e. The number of benzene rings is 2. The molecule has 0 spiro atoms. The molecule has 1 aliphatic heterocycles. The van der Waals surface area contributed by atoms with Crippen molar-refractivity contribution < 1.29 is 14.5 Å². The number of carbonyl (C=O) groups is 1. The number of nitro benzene ring substituents is 1. The second-order valence-corrected chi connectivity index (χ2v) is 6.09. The lowest BCUT2D eigenvalue weighted by Gasteiger charge is -2.29. The minimum absolute atomic E-state index is 0.0287. The van der Waals surface area contributed by atoms with Gasteiger partial charge in [-0.25, -0.2) is 0 Å². The third-order valence-electron chi connectivity index (χ3n) is 4.42. The molecule has 0 radical (unpaired) electrons. The molecular weight excluding hydrogens is 334 g/mol. The van der Waals surface area contributed by atoms with Crippen LogP contribution in [0.1, 0.15) is 18.0 Å². The number of para-hydroxylation sites is 2. The Balaban J connectivity index is 1.69. The van der Waals surface area contributed by atoms with E-state index in [1.165, 1.54) is 6.07 Å². The molecule has 2 aromatic carbocycles. The standard InChI is InChI=1S/C19H21N3O4/c23-19-14-17(15-6-2-1-3-7-15)21(11-10-20-19)12-13-26-18-9-5-4-8-16(18)22(24)25/h1-9,17H,10-14H2,(H,20,23)/t17-/m0/s1. The van der Waals surface area contributed by atoms with Gasteiger partial charge in [0.15, 0.2) is 5.75 Å². The van der Waals surface area contributed by atoms with E-state index in [1.54, 1.807) is 18.2 Å². The largest absolute Gasteiger partial charge is 0.485 e. The van der Waals surface area contributed by atoms with Crippen LogP contribution < -0.4 is 10.1 Å². The summed E-state index contributed by atoms with van der Waals surface area (Å²) in [6, 6.07) is 16.2. The molecular formula is C19H21N3O4. The molecule has 1 aliphatic rings. The number of rotatable bonds is 6. The number of nitrogens with zero attached hydrogens (tertiary/aromatic N) is 2. The number of carbonyl (C=O) groups excluding carboxylic acids is 1. The van der Waals surface area contributed by atoms with Crippen LogP contribution in [0.4, 0.5) is 5.69 Å². The van der Waals surface area contributed by atoms with E-state index in [9.17, 15) is 14.9 Å². The average Bonchev–Trinajstić information content (AvgIpc) is 2.84. The van der Waals surface area contributed by atoms with Crippen molar-refractivity contribution in [3.63, 3.8) is 0 Å². The van der Waals surface area contributed by atoms with Crippen molar-refractivity contribution in [3.05, 3.63) is 70.3 Å². The van der Waals surface area contributed by atoms with Crippen LogP contribution in [0, 0.1) is 10.1 Å². The van der Waals surface area contributed by atoms with Crippen molar-refractivity contribution in [2.75, 3.05) is 26.2 Å². The van der Waals surface area contributed by atoms with Crippen LogP contribution >= 0.6 is 0 Å². The van der Waals surface area contributed by atoms with Gasteiger partial charge in [0.25, 0.3) is 0 Å². The number of nitro groups is 1. The predicted molar refractivity (Wildman–Crippen MR) is 97.0 cm³/mol. The molecule has 1 heterocycles. The number of amides is 1. The molecule has 1 atom stereocenters. The lowest BCUT2D eigenvalue weighted by molar-refractivity contribution is -0.385. The second kappa shape index (κ2) is 8.44. The van der Waals surface area contributed by atoms with Gasteiger partial charge < -0.3 is 10.1 Å². The van der Waals surface area contributed by atoms with Gasteiger partial charge in [-0.05, 0) is 11.6 Å². The van der Waals surface area contributed by atoms with Crippen molar-refractivity contribution in [1.82, 2.24) is 10.2 Å². The molecule has 0 bridgehead atoms. The molecule has 2 aromatic rings. The normalized spacial score (nSPS) is 18.0. The summed E-state index contributed by atoms with van der Waals surface area (Å²) in [6.07, 6.45) is 0.384. The smallest absolute Gasteiger partial charge is 0.310 e. The molecule has 7 nitrogen and oxygen atoms in total. The summed E-state index contributed by atoms with van der Waals surface area (Å²) in [5.41, 5.74) is 1.04. The highest BCUT2D eigenvalue weighted by atomic mass is 16.6. The summed E-state index contributed by atoms with van der Waals surface area (Å²) >= 11 is 0. The third-order valence-corrected chi connectivity index (χ3v) is 4.42. The molecule has 1 amide bonds. The molecule has 1 N–H and O–H groups in total. The molecule has 0 aromatic heterocycles. The van der Waals surface area contributed by atoms with Gasteiger partial charge in [0.05, 0.1) is 4.92 Å². The van der Waals surface area contributed by atoms with E-state index in [0.717, 1.165) is 5.56 Å². The van der Waals surface area contributed by atoms with Gasteiger partial charge in [-0.1, -0.05) is 42.5 Å². The first kappa shape index (κ1) is 17.9. The second-order valence-electron chi connectivity index (χ2n) is 6.09. The van der Waals surface area contributed by atoms with Crippen molar-refractivity contribution >= 4 is 11.6 Å². The fraction of sp³-hybridized carbons (Fsp3) is 0.316. The molecule has 136 valence electrons. The fourth-order valence-electron chi connectivity index (χ4n) is 3.15. The highest BCUT2D eigenvalue weighted by Crippen LogP contribution is 2.27. The van der Waals surface area contributed by atoms with Crippen LogP contribution in [0.3, 0.4) is 0 Å². The molecule has 1 fully saturated rings. The van der Waals surface area contributed by atoms with Gasteiger partial charge in [0.2, 0.25) is 5.91 Å². The number of ether oxygens (including phenoxy) is 1. The van der Waals surface area contributed by atoms with Crippen molar-refractivity contribution in [2.24, 2.45) is 0 Å². The Morgan fingerprint density at radius 3 is 2.65 bits per heavy atom. The van der Waals surface area contributed by atoms with E-state index in [0.29, 0.717) is 32.7 Å². The first-order valence-electron chi connectivity index (χ1n) is 8.57. The van der Waals surface area contributed by atoms with Crippen LogP contribution in [0.2, 0.25) is 0 Å². The van der Waals surface area contributed by atoms with Gasteiger partial charge >= 0.3 is 5.69 Å². The fourth-order valence-corrected chi connectivity index (χ4v) is 3.15. The van der Waals surface area contributed by atoms with Gasteiger partial charge in [0.1, 0.15) is 6.61 Å². The van der Waals surface area contributed by atoms with E-state index in [4.69, 9.17) is 4.74 Å². The molecule has 26 heavy (non-hydrogen) atoms. The molecule has 7 heteroatoms. The van der Waals surface area contributed by atoms with Crippen molar-refractivity contribution in [1.29, 1.82) is 0 Å². The third kappa shape index (κ3) is 4.37. The van der Waals surface area contributed by atoms with Crippen LogP contribution in [-0.2, 0) is 4.79 Å². The molecule has 3 rings (SSSR count). The SMILES string of the molecule is O=C1C[C@@H](c2ccccc2)N(CCOc2ccccc2[N+](=O)[O-])CCN1. The first-order chi connectivity index (χ1) is 12.6. The topological polar surface area (TPSA) is 84.7 Å². The zero-order chi connectivity index (χ0) is 18.4. The lowest BCUT2D eigenvalue weighted by atomic mass is 10.0. The predicted octanol–water partition coefficient (Wildman–Crippen LogP) is 2.54. The number of hydrogen-bond donors (Lipinski definition) is 1. The maximum atomic E-state index is 12.0. The zero-order valence-corrected chi connectivity index (χ0v) is 14.3. The highest BCUT2D eigenvalue weighted by molar-refractivity contribution is 5.77. The molecule has 1 saturated heterocycles. The summed E-state index contributed by atoms with van der Waals surface area (Å²) in [4.78, 5) is 24.8. The monoisotopic (exact) mass is 355 g/mol. The minimum atomic E-state index is -0.448. The summed E-state index contributed by atoms with van der Waals surface area (Å²) < 4.78 is 5.66. The van der Waals surface area contributed by atoms with Gasteiger partial charge in [-0.3, -0.25) is 19.8 Å². The Hall–Kier alpha value is -2.93. The highest BCUT2D eigenvalue weighted by Gasteiger charge is 2.26. The van der Waals surface area contributed by atoms with Crippen LogP contribution in [0.25, 0.3) is 0 Å². The summed E-state index contributed by atoms with van der Waals surface area (Å²) in [5.74, 6) is 0.291. The Labute approximate surface area is 151 Å². The Kier molecular flexibility index (Phi) is 5.80. The molecule has 0 aliphatic carbocycles. The Morgan fingerprint density at radius 1 is 1.15 bits per heavy atom. The van der Waals surface area contributed by atoms with E-state index in [2.05, 4.69) is 10.2 Å². The lowest BCUT2D eigenvalue weighted by Crippen LogP contribution is -2.34. The van der Waals surface area contributed by atoms with Gasteiger partial charge in [-0.15, -0.1) is 0 Å². The van der Waals surface area contributed by atoms with Crippen LogP contribution in [0.15, 0.2) is 54.6 Å². The quantitative estimate of drug-likeness (QED) is 0.636.